The van der Waals surface area contributed by atoms with E-state index < -0.39 is 0 Å². The zero-order valence-corrected chi connectivity index (χ0v) is 9.00. The molecular formula is C14H19. The van der Waals surface area contributed by atoms with Crippen LogP contribution in [0.5, 0.6) is 0 Å². The molecule has 0 atom stereocenters. The molecule has 0 saturated heterocycles. The van der Waals surface area contributed by atoms with E-state index in [0.717, 1.165) is 0 Å². The van der Waals surface area contributed by atoms with Crippen molar-refractivity contribution in [3.8, 4) is 0 Å². The van der Waals surface area contributed by atoms with Gasteiger partial charge in [0, 0.05) is 0 Å². The van der Waals surface area contributed by atoms with Gasteiger partial charge in [-0.05, 0) is 30.2 Å². The van der Waals surface area contributed by atoms with Gasteiger partial charge in [-0.3, -0.25) is 0 Å². The highest BCUT2D eigenvalue weighted by molar-refractivity contribution is 5.29. The van der Waals surface area contributed by atoms with Gasteiger partial charge < -0.3 is 0 Å². The van der Waals surface area contributed by atoms with E-state index in [1.54, 1.807) is 0 Å². The van der Waals surface area contributed by atoms with Crippen molar-refractivity contribution in [1.82, 2.24) is 0 Å². The Labute approximate surface area is 87.3 Å². The van der Waals surface area contributed by atoms with Crippen molar-refractivity contribution in [1.29, 1.82) is 0 Å². The molecule has 2 rings (SSSR count). The standard InChI is InChI=1S/C14H19/c1-2-14(11-7-4-8-12-14)13-9-5-3-6-10-13/h2-3,5-6,9-10H,4,7-8,11-12H2,1H3. The minimum atomic E-state index is 0.388. The Morgan fingerprint density at radius 2 is 1.64 bits per heavy atom. The molecule has 0 bridgehead atoms. The maximum atomic E-state index is 2.42. The van der Waals surface area contributed by atoms with E-state index in [1.165, 1.54) is 37.7 Å². The van der Waals surface area contributed by atoms with E-state index in [2.05, 4.69) is 43.7 Å². The van der Waals surface area contributed by atoms with Crippen molar-refractivity contribution >= 4 is 0 Å². The van der Waals surface area contributed by atoms with Crippen LogP contribution >= 0.6 is 0 Å². The lowest BCUT2D eigenvalue weighted by Crippen LogP contribution is -2.28. The van der Waals surface area contributed by atoms with Crippen molar-refractivity contribution in [2.75, 3.05) is 0 Å². The van der Waals surface area contributed by atoms with Crippen LogP contribution < -0.4 is 0 Å². The van der Waals surface area contributed by atoms with Crippen LogP contribution in [-0.4, -0.2) is 0 Å². The first-order valence-electron chi connectivity index (χ1n) is 5.73. The zero-order valence-electron chi connectivity index (χ0n) is 9.00. The molecular weight excluding hydrogens is 168 g/mol. The fourth-order valence-electron chi connectivity index (χ4n) is 2.70. The number of benzene rings is 1. The van der Waals surface area contributed by atoms with Crippen LogP contribution in [0.1, 0.15) is 44.6 Å². The Bertz CT molecular complexity index is 267. The SMILES string of the molecule is C[CH]C1(c2ccccc2)CCCCC1. The zero-order chi connectivity index (χ0) is 9.86. The monoisotopic (exact) mass is 187 g/mol. The molecule has 0 spiro atoms. The van der Waals surface area contributed by atoms with Gasteiger partial charge in [0.1, 0.15) is 0 Å². The second-order valence-corrected chi connectivity index (χ2v) is 4.37. The smallest absolute Gasteiger partial charge is 0.00185 e. The van der Waals surface area contributed by atoms with Crippen LogP contribution in [0.3, 0.4) is 0 Å². The van der Waals surface area contributed by atoms with Gasteiger partial charge in [0.15, 0.2) is 0 Å². The molecule has 75 valence electrons. The topological polar surface area (TPSA) is 0 Å². The predicted octanol–water partition coefficient (Wildman–Crippen LogP) is 4.11. The molecule has 1 aromatic carbocycles. The molecule has 14 heavy (non-hydrogen) atoms. The predicted molar refractivity (Wildman–Crippen MR) is 61.2 cm³/mol. The van der Waals surface area contributed by atoms with Crippen LogP contribution in [0, 0.1) is 6.42 Å². The van der Waals surface area contributed by atoms with E-state index >= 15 is 0 Å². The second kappa shape index (κ2) is 4.16. The van der Waals surface area contributed by atoms with E-state index in [9.17, 15) is 0 Å². The molecule has 0 heterocycles. The van der Waals surface area contributed by atoms with Crippen LogP contribution in [-0.2, 0) is 5.41 Å². The number of rotatable bonds is 2. The van der Waals surface area contributed by atoms with Crippen molar-refractivity contribution in [2.24, 2.45) is 0 Å². The quantitative estimate of drug-likeness (QED) is 0.653. The molecule has 1 saturated carbocycles. The van der Waals surface area contributed by atoms with Crippen LogP contribution in [0.2, 0.25) is 0 Å². The van der Waals surface area contributed by atoms with Gasteiger partial charge >= 0.3 is 0 Å². The lowest BCUT2D eigenvalue weighted by atomic mass is 9.68. The molecule has 0 unspecified atom stereocenters. The van der Waals surface area contributed by atoms with Crippen LogP contribution in [0.15, 0.2) is 30.3 Å². The Hall–Kier alpha value is -0.780. The average Bonchev–Trinajstić information content (AvgIpc) is 2.31. The molecule has 1 radical (unpaired) electrons. The summed E-state index contributed by atoms with van der Waals surface area (Å²) in [4.78, 5) is 0. The first-order valence-corrected chi connectivity index (χ1v) is 5.73. The molecule has 1 aliphatic rings. The minimum absolute atomic E-state index is 0.388. The van der Waals surface area contributed by atoms with Gasteiger partial charge in [-0.1, -0.05) is 56.5 Å². The highest BCUT2D eigenvalue weighted by atomic mass is 14.4. The Kier molecular flexibility index (Phi) is 2.90. The third-order valence-electron chi connectivity index (χ3n) is 3.65. The van der Waals surface area contributed by atoms with Gasteiger partial charge in [0.25, 0.3) is 0 Å². The average molecular weight is 187 g/mol. The largest absolute Gasteiger partial charge is 0.0622 e. The third-order valence-corrected chi connectivity index (χ3v) is 3.65. The Morgan fingerprint density at radius 1 is 1.00 bits per heavy atom. The van der Waals surface area contributed by atoms with Crippen molar-refractivity contribution < 1.29 is 0 Å². The van der Waals surface area contributed by atoms with E-state index in [1.807, 2.05) is 0 Å². The van der Waals surface area contributed by atoms with Crippen molar-refractivity contribution in [3.63, 3.8) is 0 Å². The highest BCUT2D eigenvalue weighted by Crippen LogP contribution is 2.41. The molecule has 1 aromatic rings. The first kappa shape index (κ1) is 9.76. The Balaban J connectivity index is 2.27. The van der Waals surface area contributed by atoms with Gasteiger partial charge in [-0.25, -0.2) is 0 Å². The van der Waals surface area contributed by atoms with Crippen molar-refractivity contribution in [3.05, 3.63) is 42.3 Å². The maximum Gasteiger partial charge on any atom is -0.00185 e. The molecule has 0 nitrogen and oxygen atoms in total. The van der Waals surface area contributed by atoms with Crippen LogP contribution in [0.4, 0.5) is 0 Å². The molecule has 1 aliphatic carbocycles. The van der Waals surface area contributed by atoms with E-state index in [4.69, 9.17) is 0 Å². The van der Waals surface area contributed by atoms with Crippen molar-refractivity contribution in [2.45, 2.75) is 44.4 Å². The molecule has 0 aliphatic heterocycles. The van der Waals surface area contributed by atoms with Gasteiger partial charge in [-0.15, -0.1) is 0 Å². The van der Waals surface area contributed by atoms with Crippen LogP contribution in [0.25, 0.3) is 0 Å². The summed E-state index contributed by atoms with van der Waals surface area (Å²) in [5.74, 6) is 0. The molecule has 0 aromatic heterocycles. The lowest BCUT2D eigenvalue weighted by Gasteiger charge is -2.36. The third kappa shape index (κ3) is 1.70. The fraction of sp³-hybridized carbons (Fsp3) is 0.500. The molecule has 1 fully saturated rings. The molecule has 0 amide bonds. The lowest BCUT2D eigenvalue weighted by molar-refractivity contribution is 0.335. The van der Waals surface area contributed by atoms with E-state index in [0.29, 0.717) is 5.41 Å². The maximum absolute atomic E-state index is 2.42. The van der Waals surface area contributed by atoms with E-state index in [-0.39, 0.29) is 0 Å². The summed E-state index contributed by atoms with van der Waals surface area (Å²) in [6.07, 6.45) is 9.30. The minimum Gasteiger partial charge on any atom is -0.0622 e. The van der Waals surface area contributed by atoms with Gasteiger partial charge in [0.05, 0.1) is 0 Å². The number of hydrogen-bond acceptors (Lipinski definition) is 0. The normalized spacial score (nSPS) is 20.6. The summed E-state index contributed by atoms with van der Waals surface area (Å²) in [5, 5.41) is 0. The second-order valence-electron chi connectivity index (χ2n) is 4.37. The first-order chi connectivity index (χ1) is 6.87. The Morgan fingerprint density at radius 3 is 2.21 bits per heavy atom. The summed E-state index contributed by atoms with van der Waals surface area (Å²) in [7, 11) is 0. The summed E-state index contributed by atoms with van der Waals surface area (Å²) >= 11 is 0. The summed E-state index contributed by atoms with van der Waals surface area (Å²) in [6.45, 7) is 2.22. The number of hydrogen-bond donors (Lipinski definition) is 0. The fourth-order valence-corrected chi connectivity index (χ4v) is 2.70. The molecule has 0 heteroatoms. The van der Waals surface area contributed by atoms with Gasteiger partial charge in [-0.2, -0.15) is 0 Å². The molecule has 0 N–H and O–H groups in total. The summed E-state index contributed by atoms with van der Waals surface area (Å²) in [6, 6.07) is 11.0. The van der Waals surface area contributed by atoms with Gasteiger partial charge in [0.2, 0.25) is 0 Å². The summed E-state index contributed by atoms with van der Waals surface area (Å²) < 4.78 is 0. The summed E-state index contributed by atoms with van der Waals surface area (Å²) in [5.41, 5.74) is 1.90. The highest BCUT2D eigenvalue weighted by Gasteiger charge is 2.31.